The highest BCUT2D eigenvalue weighted by Gasteiger charge is 2.14. The van der Waals surface area contributed by atoms with E-state index in [1.807, 2.05) is 20.8 Å². The SMILES string of the molecule is CCCc1cc(OCC)c(OCC)c(OCC)c1. The molecular weight excluding hydrogens is 228 g/mol. The van der Waals surface area contributed by atoms with Gasteiger partial charge < -0.3 is 14.2 Å². The molecule has 0 radical (unpaired) electrons. The summed E-state index contributed by atoms with van der Waals surface area (Å²) in [7, 11) is 0. The third-order valence-electron chi connectivity index (χ3n) is 2.51. The summed E-state index contributed by atoms with van der Waals surface area (Å²) in [5.41, 5.74) is 1.23. The maximum Gasteiger partial charge on any atom is 0.203 e. The maximum absolute atomic E-state index is 5.66. The monoisotopic (exact) mass is 252 g/mol. The maximum atomic E-state index is 5.66. The van der Waals surface area contributed by atoms with Crippen LogP contribution in [-0.4, -0.2) is 19.8 Å². The standard InChI is InChI=1S/C15H24O3/c1-5-9-12-10-13(16-6-2)15(18-8-4)14(11-12)17-7-3/h10-11H,5-9H2,1-4H3. The number of hydrogen-bond acceptors (Lipinski definition) is 3. The molecule has 0 aliphatic carbocycles. The summed E-state index contributed by atoms with van der Waals surface area (Å²) in [5, 5.41) is 0. The molecule has 0 bridgehead atoms. The molecule has 102 valence electrons. The van der Waals surface area contributed by atoms with Crippen LogP contribution in [0.3, 0.4) is 0 Å². The van der Waals surface area contributed by atoms with E-state index in [4.69, 9.17) is 14.2 Å². The molecule has 0 spiro atoms. The van der Waals surface area contributed by atoms with Gasteiger partial charge in [0, 0.05) is 0 Å². The fourth-order valence-electron chi connectivity index (χ4n) is 1.88. The fourth-order valence-corrected chi connectivity index (χ4v) is 1.88. The van der Waals surface area contributed by atoms with Crippen molar-refractivity contribution in [2.24, 2.45) is 0 Å². The average molecular weight is 252 g/mol. The molecule has 1 aromatic carbocycles. The molecule has 0 atom stereocenters. The Morgan fingerprint density at radius 3 is 1.67 bits per heavy atom. The van der Waals surface area contributed by atoms with Gasteiger partial charge in [-0.05, 0) is 44.9 Å². The van der Waals surface area contributed by atoms with Crippen molar-refractivity contribution in [1.82, 2.24) is 0 Å². The second-order valence-corrected chi connectivity index (χ2v) is 3.97. The van der Waals surface area contributed by atoms with E-state index in [9.17, 15) is 0 Å². The lowest BCUT2D eigenvalue weighted by Crippen LogP contribution is -2.03. The molecule has 18 heavy (non-hydrogen) atoms. The van der Waals surface area contributed by atoms with Gasteiger partial charge in [-0.25, -0.2) is 0 Å². The molecule has 1 rings (SSSR count). The Morgan fingerprint density at radius 1 is 0.778 bits per heavy atom. The van der Waals surface area contributed by atoms with Gasteiger partial charge in [0.05, 0.1) is 19.8 Å². The fraction of sp³-hybridized carbons (Fsp3) is 0.600. The predicted molar refractivity (Wildman–Crippen MR) is 73.9 cm³/mol. The molecular formula is C15H24O3. The Kier molecular flexibility index (Phi) is 6.40. The van der Waals surface area contributed by atoms with Crippen molar-refractivity contribution in [3.63, 3.8) is 0 Å². The summed E-state index contributed by atoms with van der Waals surface area (Å²) in [4.78, 5) is 0. The first-order valence-electron chi connectivity index (χ1n) is 6.82. The molecule has 3 heteroatoms. The number of rotatable bonds is 8. The number of aryl methyl sites for hydroxylation is 1. The zero-order valence-corrected chi connectivity index (χ0v) is 11.9. The highest BCUT2D eigenvalue weighted by molar-refractivity contribution is 5.54. The zero-order chi connectivity index (χ0) is 13.4. The van der Waals surface area contributed by atoms with E-state index in [2.05, 4.69) is 19.1 Å². The molecule has 0 saturated carbocycles. The summed E-state index contributed by atoms with van der Waals surface area (Å²) in [6.45, 7) is 9.93. The minimum atomic E-state index is 0.604. The normalized spacial score (nSPS) is 10.2. The minimum absolute atomic E-state index is 0.604. The van der Waals surface area contributed by atoms with Gasteiger partial charge in [0.1, 0.15) is 0 Å². The molecule has 0 aromatic heterocycles. The van der Waals surface area contributed by atoms with E-state index in [1.54, 1.807) is 0 Å². The first-order chi connectivity index (χ1) is 8.76. The highest BCUT2D eigenvalue weighted by Crippen LogP contribution is 2.39. The zero-order valence-electron chi connectivity index (χ0n) is 11.9. The van der Waals surface area contributed by atoms with E-state index in [0.717, 1.165) is 30.1 Å². The number of ether oxygens (including phenoxy) is 3. The van der Waals surface area contributed by atoms with E-state index < -0.39 is 0 Å². The summed E-state index contributed by atoms with van der Waals surface area (Å²) >= 11 is 0. The van der Waals surface area contributed by atoms with Crippen LogP contribution in [0.5, 0.6) is 17.2 Å². The van der Waals surface area contributed by atoms with Crippen LogP contribution in [0.15, 0.2) is 12.1 Å². The molecule has 0 saturated heterocycles. The van der Waals surface area contributed by atoms with Crippen LogP contribution in [0.25, 0.3) is 0 Å². The number of hydrogen-bond donors (Lipinski definition) is 0. The van der Waals surface area contributed by atoms with E-state index in [1.165, 1.54) is 5.56 Å². The van der Waals surface area contributed by atoms with Gasteiger partial charge in [0.2, 0.25) is 5.75 Å². The molecule has 0 unspecified atom stereocenters. The summed E-state index contributed by atoms with van der Waals surface area (Å²) in [5.74, 6) is 2.29. The quantitative estimate of drug-likeness (QED) is 0.703. The van der Waals surface area contributed by atoms with Crippen LogP contribution in [0.4, 0.5) is 0 Å². The Morgan fingerprint density at radius 2 is 1.28 bits per heavy atom. The van der Waals surface area contributed by atoms with Crippen LogP contribution in [-0.2, 0) is 6.42 Å². The Balaban J connectivity index is 3.15. The van der Waals surface area contributed by atoms with Crippen LogP contribution in [0, 0.1) is 0 Å². The molecule has 3 nitrogen and oxygen atoms in total. The molecule has 1 aromatic rings. The summed E-state index contributed by atoms with van der Waals surface area (Å²) in [6, 6.07) is 4.11. The molecule has 0 aliphatic rings. The second-order valence-electron chi connectivity index (χ2n) is 3.97. The average Bonchev–Trinajstić information content (AvgIpc) is 2.34. The van der Waals surface area contributed by atoms with Crippen LogP contribution < -0.4 is 14.2 Å². The molecule has 0 fully saturated rings. The molecule has 0 amide bonds. The van der Waals surface area contributed by atoms with E-state index in [-0.39, 0.29) is 0 Å². The minimum Gasteiger partial charge on any atom is -0.490 e. The first-order valence-corrected chi connectivity index (χ1v) is 6.82. The van der Waals surface area contributed by atoms with Crippen molar-refractivity contribution in [1.29, 1.82) is 0 Å². The predicted octanol–water partition coefficient (Wildman–Crippen LogP) is 3.84. The van der Waals surface area contributed by atoms with Gasteiger partial charge in [-0.3, -0.25) is 0 Å². The lowest BCUT2D eigenvalue weighted by Gasteiger charge is -2.17. The highest BCUT2D eigenvalue weighted by atomic mass is 16.5. The lowest BCUT2D eigenvalue weighted by atomic mass is 10.1. The van der Waals surface area contributed by atoms with Crippen LogP contribution >= 0.6 is 0 Å². The van der Waals surface area contributed by atoms with Crippen LogP contribution in [0.2, 0.25) is 0 Å². The summed E-state index contributed by atoms with van der Waals surface area (Å²) < 4.78 is 17.0. The Labute approximate surface area is 110 Å². The van der Waals surface area contributed by atoms with Crippen LogP contribution in [0.1, 0.15) is 39.7 Å². The lowest BCUT2D eigenvalue weighted by molar-refractivity contribution is 0.260. The largest absolute Gasteiger partial charge is 0.490 e. The first kappa shape index (κ1) is 14.7. The summed E-state index contributed by atoms with van der Waals surface area (Å²) in [6.07, 6.45) is 2.12. The van der Waals surface area contributed by atoms with E-state index in [0.29, 0.717) is 19.8 Å². The topological polar surface area (TPSA) is 27.7 Å². The van der Waals surface area contributed by atoms with Crippen molar-refractivity contribution in [2.75, 3.05) is 19.8 Å². The molecule has 0 heterocycles. The van der Waals surface area contributed by atoms with Gasteiger partial charge in [0.15, 0.2) is 11.5 Å². The third-order valence-corrected chi connectivity index (χ3v) is 2.51. The van der Waals surface area contributed by atoms with Crippen molar-refractivity contribution in [2.45, 2.75) is 40.5 Å². The van der Waals surface area contributed by atoms with Crippen molar-refractivity contribution >= 4 is 0 Å². The number of benzene rings is 1. The smallest absolute Gasteiger partial charge is 0.203 e. The molecule has 0 N–H and O–H groups in total. The second kappa shape index (κ2) is 7.85. The van der Waals surface area contributed by atoms with Gasteiger partial charge in [-0.15, -0.1) is 0 Å². The third kappa shape index (κ3) is 3.83. The van der Waals surface area contributed by atoms with Gasteiger partial charge >= 0.3 is 0 Å². The van der Waals surface area contributed by atoms with E-state index >= 15 is 0 Å². The van der Waals surface area contributed by atoms with Gasteiger partial charge in [-0.1, -0.05) is 13.3 Å². The molecule has 0 aliphatic heterocycles. The van der Waals surface area contributed by atoms with Crippen molar-refractivity contribution < 1.29 is 14.2 Å². The Hall–Kier alpha value is -1.38. The van der Waals surface area contributed by atoms with Crippen molar-refractivity contribution in [3.8, 4) is 17.2 Å². The van der Waals surface area contributed by atoms with Crippen molar-refractivity contribution in [3.05, 3.63) is 17.7 Å². The Bertz CT molecular complexity index is 334. The van der Waals surface area contributed by atoms with Gasteiger partial charge in [-0.2, -0.15) is 0 Å². The van der Waals surface area contributed by atoms with Gasteiger partial charge in [0.25, 0.3) is 0 Å².